The van der Waals surface area contributed by atoms with Gasteiger partial charge in [0.05, 0.1) is 12.0 Å². The van der Waals surface area contributed by atoms with E-state index in [-0.39, 0.29) is 17.5 Å². The summed E-state index contributed by atoms with van der Waals surface area (Å²) >= 11 is 0. The van der Waals surface area contributed by atoms with E-state index in [0.29, 0.717) is 11.6 Å². The predicted octanol–water partition coefficient (Wildman–Crippen LogP) is 4.03. The summed E-state index contributed by atoms with van der Waals surface area (Å²) in [7, 11) is 0. The summed E-state index contributed by atoms with van der Waals surface area (Å²) in [5.41, 5.74) is 3.23. The minimum absolute atomic E-state index is 0.0640. The molecule has 1 heterocycles. The molecule has 0 spiro atoms. The highest BCUT2D eigenvalue weighted by molar-refractivity contribution is 5.95. The molecule has 3 nitrogen and oxygen atoms in total. The molecule has 2 aliphatic rings. The Balaban J connectivity index is 1.71. The highest BCUT2D eigenvalue weighted by atomic mass is 16.4. The van der Waals surface area contributed by atoms with Crippen LogP contribution in [-0.2, 0) is 0 Å². The molecule has 3 aromatic carbocycles. The van der Waals surface area contributed by atoms with Gasteiger partial charge in [-0.15, -0.1) is 0 Å². The van der Waals surface area contributed by atoms with Crippen LogP contribution in [0.5, 0.6) is 0 Å². The van der Waals surface area contributed by atoms with Crippen LogP contribution in [-0.4, -0.2) is 5.97 Å². The molecule has 0 fully saturated rings. The average Bonchev–Trinajstić information content (AvgIpc) is 3.16. The van der Waals surface area contributed by atoms with E-state index < -0.39 is 5.97 Å². The van der Waals surface area contributed by atoms with Gasteiger partial charge in [0.25, 0.3) is 0 Å². The average molecular weight is 340 g/mol. The summed E-state index contributed by atoms with van der Waals surface area (Å²) < 4.78 is 0. The van der Waals surface area contributed by atoms with Crippen LogP contribution in [0.4, 0.5) is 5.69 Å². The van der Waals surface area contributed by atoms with Gasteiger partial charge in [0.1, 0.15) is 0 Å². The third-order valence-corrected chi connectivity index (χ3v) is 5.78. The van der Waals surface area contributed by atoms with Crippen molar-refractivity contribution in [2.75, 3.05) is 5.32 Å². The molecule has 1 aliphatic heterocycles. The van der Waals surface area contributed by atoms with Crippen LogP contribution in [0.15, 0.2) is 72.8 Å². The fourth-order valence-corrected chi connectivity index (χ4v) is 4.62. The Morgan fingerprint density at radius 3 is 2.62 bits per heavy atom. The SMILES string of the molecule is O=C([O-])c1cccc2c1N[C@@H](c1cccc3ccccc13)[C@H]1CC=C[C@H]21. The van der Waals surface area contributed by atoms with Gasteiger partial charge < -0.3 is 15.2 Å². The molecule has 0 saturated carbocycles. The first-order chi connectivity index (χ1) is 12.7. The van der Waals surface area contributed by atoms with E-state index in [2.05, 4.69) is 53.9 Å². The summed E-state index contributed by atoms with van der Waals surface area (Å²) in [5, 5.41) is 17.6. The lowest BCUT2D eigenvalue weighted by atomic mass is 9.75. The number of anilines is 1. The molecule has 128 valence electrons. The van der Waals surface area contributed by atoms with Crippen molar-refractivity contribution in [3.8, 4) is 0 Å². The maximum atomic E-state index is 11.7. The smallest absolute Gasteiger partial charge is 0.0736 e. The van der Waals surface area contributed by atoms with E-state index in [0.717, 1.165) is 12.0 Å². The monoisotopic (exact) mass is 340 g/mol. The first kappa shape index (κ1) is 15.2. The number of carboxylic acids is 1. The second-order valence-corrected chi connectivity index (χ2v) is 7.10. The maximum Gasteiger partial charge on any atom is 0.0736 e. The number of fused-ring (bicyclic) bond motifs is 4. The van der Waals surface area contributed by atoms with Gasteiger partial charge in [0, 0.05) is 17.2 Å². The van der Waals surface area contributed by atoms with Gasteiger partial charge in [-0.2, -0.15) is 0 Å². The molecule has 3 heteroatoms. The first-order valence-corrected chi connectivity index (χ1v) is 8.99. The number of hydrogen-bond acceptors (Lipinski definition) is 3. The Morgan fingerprint density at radius 1 is 0.962 bits per heavy atom. The largest absolute Gasteiger partial charge is 0.545 e. The molecular weight excluding hydrogens is 322 g/mol. The van der Waals surface area contributed by atoms with Gasteiger partial charge in [-0.05, 0) is 34.2 Å². The van der Waals surface area contributed by atoms with Crippen LogP contribution in [0.3, 0.4) is 0 Å². The van der Waals surface area contributed by atoms with E-state index in [1.165, 1.54) is 16.3 Å². The summed E-state index contributed by atoms with van der Waals surface area (Å²) in [6, 6.07) is 20.2. The van der Waals surface area contributed by atoms with E-state index in [9.17, 15) is 9.90 Å². The number of aromatic carboxylic acids is 1. The second-order valence-electron chi connectivity index (χ2n) is 7.10. The van der Waals surface area contributed by atoms with E-state index in [4.69, 9.17) is 0 Å². The molecule has 0 aromatic heterocycles. The Hall–Kier alpha value is -3.07. The Bertz CT molecular complexity index is 1050. The van der Waals surface area contributed by atoms with Crippen molar-refractivity contribution < 1.29 is 9.90 Å². The zero-order chi connectivity index (χ0) is 17.7. The highest BCUT2D eigenvalue weighted by Gasteiger charge is 2.39. The van der Waals surface area contributed by atoms with Crippen LogP contribution in [0.2, 0.25) is 0 Å². The van der Waals surface area contributed by atoms with Gasteiger partial charge in [0.2, 0.25) is 0 Å². The quantitative estimate of drug-likeness (QED) is 0.717. The third-order valence-electron chi connectivity index (χ3n) is 5.78. The standard InChI is InChI=1S/C23H19NO2/c25-23(26)20-13-5-12-19-16-9-4-11-18(16)21(24-22(19)20)17-10-3-7-14-6-1-2-8-15(14)17/h1-10,12-13,16,18,21,24H,11H2,(H,25,26)/p-1/t16-,18-,21-/m0/s1. The molecule has 0 saturated heterocycles. The van der Waals surface area contributed by atoms with Crippen LogP contribution in [0.25, 0.3) is 10.8 Å². The molecule has 3 aromatic rings. The van der Waals surface area contributed by atoms with Gasteiger partial charge in [0.15, 0.2) is 0 Å². The second kappa shape index (κ2) is 5.73. The number of benzene rings is 3. The van der Waals surface area contributed by atoms with Crippen molar-refractivity contribution in [2.45, 2.75) is 18.4 Å². The topological polar surface area (TPSA) is 52.2 Å². The maximum absolute atomic E-state index is 11.7. The third kappa shape index (κ3) is 2.17. The van der Waals surface area contributed by atoms with Crippen molar-refractivity contribution in [3.05, 3.63) is 89.5 Å². The zero-order valence-electron chi connectivity index (χ0n) is 14.2. The minimum Gasteiger partial charge on any atom is -0.545 e. The lowest BCUT2D eigenvalue weighted by Crippen LogP contribution is -2.32. The molecule has 1 N–H and O–H groups in total. The molecule has 0 radical (unpaired) electrons. The highest BCUT2D eigenvalue weighted by Crippen LogP contribution is 2.51. The molecule has 26 heavy (non-hydrogen) atoms. The molecule has 5 rings (SSSR count). The Morgan fingerprint density at radius 2 is 1.73 bits per heavy atom. The number of carbonyl (C=O) groups is 1. The van der Waals surface area contributed by atoms with E-state index in [1.807, 2.05) is 18.2 Å². The molecule has 0 bridgehead atoms. The van der Waals surface area contributed by atoms with Crippen molar-refractivity contribution in [1.29, 1.82) is 0 Å². The summed E-state index contributed by atoms with van der Waals surface area (Å²) in [6.45, 7) is 0. The van der Waals surface area contributed by atoms with Crippen LogP contribution in [0, 0.1) is 5.92 Å². The van der Waals surface area contributed by atoms with Gasteiger partial charge >= 0.3 is 0 Å². The van der Waals surface area contributed by atoms with Crippen molar-refractivity contribution in [3.63, 3.8) is 0 Å². The first-order valence-electron chi connectivity index (χ1n) is 8.99. The number of hydrogen-bond donors (Lipinski definition) is 1. The molecule has 1 aliphatic carbocycles. The van der Waals surface area contributed by atoms with Crippen LogP contribution in [0.1, 0.15) is 39.9 Å². The summed E-state index contributed by atoms with van der Waals surface area (Å²) in [4.78, 5) is 11.7. The van der Waals surface area contributed by atoms with Crippen molar-refractivity contribution in [2.24, 2.45) is 5.92 Å². The number of carboxylic acid groups (broad SMARTS) is 1. The van der Waals surface area contributed by atoms with Gasteiger partial charge in [-0.3, -0.25) is 0 Å². The number of para-hydroxylation sites is 1. The number of carbonyl (C=O) groups excluding carboxylic acids is 1. The zero-order valence-corrected chi connectivity index (χ0v) is 14.2. The lowest BCUT2D eigenvalue weighted by Gasteiger charge is -2.39. The van der Waals surface area contributed by atoms with E-state index >= 15 is 0 Å². The predicted molar refractivity (Wildman–Crippen MR) is 101 cm³/mol. The van der Waals surface area contributed by atoms with E-state index in [1.54, 1.807) is 6.07 Å². The van der Waals surface area contributed by atoms with Crippen LogP contribution >= 0.6 is 0 Å². The molecule has 0 unspecified atom stereocenters. The fourth-order valence-electron chi connectivity index (χ4n) is 4.62. The molecule has 0 amide bonds. The normalized spacial score (nSPS) is 23.3. The van der Waals surface area contributed by atoms with Crippen molar-refractivity contribution >= 4 is 22.4 Å². The van der Waals surface area contributed by atoms with Gasteiger partial charge in [-0.25, -0.2) is 0 Å². The van der Waals surface area contributed by atoms with Crippen LogP contribution < -0.4 is 10.4 Å². The Kier molecular flexibility index (Phi) is 3.35. The Labute approximate surface area is 152 Å². The summed E-state index contributed by atoms with van der Waals surface area (Å²) in [6.07, 6.45) is 5.43. The molecule has 3 atom stereocenters. The van der Waals surface area contributed by atoms with Crippen molar-refractivity contribution in [1.82, 2.24) is 0 Å². The molecular formula is C23H18NO2-. The number of allylic oxidation sites excluding steroid dienone is 2. The summed E-state index contributed by atoms with van der Waals surface area (Å²) in [5.74, 6) is -0.522. The number of nitrogens with one attached hydrogen (secondary N) is 1. The number of rotatable bonds is 2. The minimum atomic E-state index is -1.13. The fraction of sp³-hybridized carbons (Fsp3) is 0.174. The van der Waals surface area contributed by atoms with Gasteiger partial charge in [-0.1, -0.05) is 72.8 Å². The lowest BCUT2D eigenvalue weighted by molar-refractivity contribution is -0.254.